The molecule has 3 heteroatoms. The second-order valence-electron chi connectivity index (χ2n) is 3.44. The molecule has 3 nitrogen and oxygen atoms in total. The normalized spacial score (nSPS) is 31.6. The average Bonchev–Trinajstić information content (AvgIpc) is 2.43. The Morgan fingerprint density at radius 2 is 2.00 bits per heavy atom. The van der Waals surface area contributed by atoms with Crippen molar-refractivity contribution in [2.75, 3.05) is 0 Å². The number of hydrogen-bond acceptors (Lipinski definition) is 3. The summed E-state index contributed by atoms with van der Waals surface area (Å²) in [5.41, 5.74) is 1.34. The van der Waals surface area contributed by atoms with Crippen molar-refractivity contribution in [3.63, 3.8) is 0 Å². The summed E-state index contributed by atoms with van der Waals surface area (Å²) in [5, 5.41) is 10.2. The molecule has 1 aliphatic heterocycles. The van der Waals surface area contributed by atoms with E-state index in [9.17, 15) is 5.11 Å². The van der Waals surface area contributed by atoms with Crippen LogP contribution in [0.1, 0.15) is 19.4 Å². The quantitative estimate of drug-likeness (QED) is 0.733. The van der Waals surface area contributed by atoms with Crippen molar-refractivity contribution < 1.29 is 9.84 Å². The van der Waals surface area contributed by atoms with Crippen LogP contribution in [0, 0.1) is 0 Å². The van der Waals surface area contributed by atoms with Gasteiger partial charge in [-0.2, -0.15) is 0 Å². The van der Waals surface area contributed by atoms with Crippen LogP contribution < -0.4 is 0 Å². The van der Waals surface area contributed by atoms with Gasteiger partial charge in [-0.3, -0.25) is 4.99 Å². The molecule has 0 spiro atoms. The average molecular weight is 191 g/mol. The highest BCUT2D eigenvalue weighted by atomic mass is 16.6. The summed E-state index contributed by atoms with van der Waals surface area (Å²) in [7, 11) is 0. The predicted octanol–water partition coefficient (Wildman–Crippen LogP) is 1.67. The van der Waals surface area contributed by atoms with Gasteiger partial charge in [0.25, 0.3) is 0 Å². The van der Waals surface area contributed by atoms with Crippen LogP contribution in [-0.2, 0) is 10.5 Å². The molecular weight excluding hydrogens is 178 g/mol. The van der Waals surface area contributed by atoms with Crippen molar-refractivity contribution in [1.82, 2.24) is 0 Å². The maximum atomic E-state index is 10.2. The number of aliphatic hydroxyl groups is 1. The van der Waals surface area contributed by atoms with Gasteiger partial charge in [0, 0.05) is 5.56 Å². The number of hydrogen-bond donors (Lipinski definition) is 1. The summed E-state index contributed by atoms with van der Waals surface area (Å²) in [5.74, 6) is -1.33. The van der Waals surface area contributed by atoms with Crippen molar-refractivity contribution in [1.29, 1.82) is 0 Å². The third-order valence-corrected chi connectivity index (χ3v) is 2.37. The van der Waals surface area contributed by atoms with E-state index in [0.29, 0.717) is 5.71 Å². The summed E-state index contributed by atoms with van der Waals surface area (Å²) in [4.78, 5) is 4.16. The second kappa shape index (κ2) is 3.19. The van der Waals surface area contributed by atoms with E-state index < -0.39 is 5.79 Å². The molecule has 14 heavy (non-hydrogen) atoms. The fourth-order valence-electron chi connectivity index (χ4n) is 1.66. The molecule has 0 aromatic heterocycles. The number of aliphatic imine (C=N–C) groups is 1. The van der Waals surface area contributed by atoms with Crippen LogP contribution in [0.4, 0.5) is 0 Å². The lowest BCUT2D eigenvalue weighted by atomic mass is 10.0. The molecule has 2 rings (SSSR count). The minimum atomic E-state index is -1.33. The zero-order chi connectivity index (χ0) is 10.2. The largest absolute Gasteiger partial charge is 0.357 e. The Kier molecular flexibility index (Phi) is 2.13. The van der Waals surface area contributed by atoms with Crippen molar-refractivity contribution in [2.45, 2.75) is 25.9 Å². The standard InChI is InChI=1S/C11H13NO2/c1-8-11(13,14-9(2)12-8)10-6-4-3-5-7-10/h3-7,9,13H,1-2H3/t9-,11-/m0/s1. The van der Waals surface area contributed by atoms with Gasteiger partial charge in [-0.1, -0.05) is 30.3 Å². The zero-order valence-electron chi connectivity index (χ0n) is 8.27. The molecule has 0 fully saturated rings. The van der Waals surface area contributed by atoms with Crippen LogP contribution >= 0.6 is 0 Å². The Morgan fingerprint density at radius 1 is 1.36 bits per heavy atom. The molecule has 0 saturated carbocycles. The number of benzene rings is 1. The molecular formula is C11H13NO2. The summed E-state index contributed by atoms with van der Waals surface area (Å²) in [6.07, 6.45) is -0.278. The van der Waals surface area contributed by atoms with Crippen LogP contribution in [0.15, 0.2) is 35.3 Å². The summed E-state index contributed by atoms with van der Waals surface area (Å²) < 4.78 is 5.40. The first-order valence-corrected chi connectivity index (χ1v) is 4.63. The maximum absolute atomic E-state index is 10.2. The van der Waals surface area contributed by atoms with Crippen LogP contribution in [0.2, 0.25) is 0 Å². The fourth-order valence-corrected chi connectivity index (χ4v) is 1.66. The van der Waals surface area contributed by atoms with Gasteiger partial charge in [0.15, 0.2) is 0 Å². The van der Waals surface area contributed by atoms with Crippen molar-refractivity contribution in [3.05, 3.63) is 35.9 Å². The third-order valence-electron chi connectivity index (χ3n) is 2.37. The number of rotatable bonds is 1. The summed E-state index contributed by atoms with van der Waals surface area (Å²) in [6.45, 7) is 3.58. The van der Waals surface area contributed by atoms with Crippen LogP contribution in [0.25, 0.3) is 0 Å². The molecule has 0 radical (unpaired) electrons. The molecule has 1 heterocycles. The Hall–Kier alpha value is -1.19. The van der Waals surface area contributed by atoms with Crippen LogP contribution in [0.3, 0.4) is 0 Å². The van der Waals surface area contributed by atoms with E-state index in [1.54, 1.807) is 6.92 Å². The molecule has 0 amide bonds. The third kappa shape index (κ3) is 1.35. The minimum absolute atomic E-state index is 0.278. The SMILES string of the molecule is CC1=N[C@H](C)O[C@]1(O)c1ccccc1. The summed E-state index contributed by atoms with van der Waals surface area (Å²) in [6, 6.07) is 9.30. The van der Waals surface area contributed by atoms with Gasteiger partial charge < -0.3 is 9.84 Å². The van der Waals surface area contributed by atoms with Gasteiger partial charge in [0.1, 0.15) is 6.23 Å². The second-order valence-corrected chi connectivity index (χ2v) is 3.44. The first kappa shape index (κ1) is 9.37. The van der Waals surface area contributed by atoms with Crippen LogP contribution in [-0.4, -0.2) is 17.0 Å². The van der Waals surface area contributed by atoms with Gasteiger partial charge in [-0.05, 0) is 13.8 Å². The molecule has 1 N–H and O–H groups in total. The monoisotopic (exact) mass is 191 g/mol. The number of ether oxygens (including phenoxy) is 1. The Balaban J connectivity index is 2.40. The van der Waals surface area contributed by atoms with E-state index in [0.717, 1.165) is 5.56 Å². The Bertz CT molecular complexity index is 361. The smallest absolute Gasteiger partial charge is 0.234 e. The van der Waals surface area contributed by atoms with E-state index in [4.69, 9.17) is 4.74 Å². The van der Waals surface area contributed by atoms with Crippen molar-refractivity contribution >= 4 is 5.71 Å². The van der Waals surface area contributed by atoms with E-state index in [1.165, 1.54) is 0 Å². The molecule has 1 aromatic rings. The minimum Gasteiger partial charge on any atom is -0.357 e. The first-order chi connectivity index (χ1) is 6.63. The van der Waals surface area contributed by atoms with Crippen molar-refractivity contribution in [2.24, 2.45) is 4.99 Å². The zero-order valence-corrected chi connectivity index (χ0v) is 8.27. The van der Waals surface area contributed by atoms with Gasteiger partial charge in [-0.25, -0.2) is 0 Å². The lowest BCUT2D eigenvalue weighted by molar-refractivity contribution is -0.166. The molecule has 2 atom stereocenters. The fraction of sp³-hybridized carbons (Fsp3) is 0.364. The van der Waals surface area contributed by atoms with Crippen LogP contribution in [0.5, 0.6) is 0 Å². The van der Waals surface area contributed by atoms with E-state index in [-0.39, 0.29) is 6.23 Å². The predicted molar refractivity (Wildman–Crippen MR) is 54.0 cm³/mol. The summed E-state index contributed by atoms with van der Waals surface area (Å²) >= 11 is 0. The first-order valence-electron chi connectivity index (χ1n) is 4.63. The highest BCUT2D eigenvalue weighted by Crippen LogP contribution is 2.31. The van der Waals surface area contributed by atoms with E-state index >= 15 is 0 Å². The van der Waals surface area contributed by atoms with Gasteiger partial charge in [0.2, 0.25) is 5.79 Å². The lowest BCUT2D eigenvalue weighted by Crippen LogP contribution is -2.33. The molecule has 0 saturated heterocycles. The highest BCUT2D eigenvalue weighted by molar-refractivity contribution is 5.91. The van der Waals surface area contributed by atoms with Gasteiger partial charge in [0.05, 0.1) is 5.71 Å². The maximum Gasteiger partial charge on any atom is 0.234 e. The lowest BCUT2D eigenvalue weighted by Gasteiger charge is -2.23. The van der Waals surface area contributed by atoms with Gasteiger partial charge in [-0.15, -0.1) is 0 Å². The van der Waals surface area contributed by atoms with Crippen molar-refractivity contribution in [3.8, 4) is 0 Å². The Morgan fingerprint density at radius 3 is 2.50 bits per heavy atom. The molecule has 0 bridgehead atoms. The topological polar surface area (TPSA) is 41.8 Å². The molecule has 0 aliphatic carbocycles. The van der Waals surface area contributed by atoms with E-state index in [1.807, 2.05) is 37.3 Å². The highest BCUT2D eigenvalue weighted by Gasteiger charge is 2.40. The molecule has 1 aromatic carbocycles. The molecule has 1 aliphatic rings. The van der Waals surface area contributed by atoms with E-state index in [2.05, 4.69) is 4.99 Å². The molecule has 0 unspecified atom stereocenters. The molecule has 74 valence electrons. The Labute approximate surface area is 83.1 Å². The number of nitrogens with zero attached hydrogens (tertiary/aromatic N) is 1. The van der Waals surface area contributed by atoms with Gasteiger partial charge >= 0.3 is 0 Å².